The van der Waals surface area contributed by atoms with E-state index in [1.807, 2.05) is 19.2 Å². The van der Waals surface area contributed by atoms with Crippen LogP contribution < -0.4 is 0 Å². The average Bonchev–Trinajstić information content (AvgIpc) is 2.03. The molecule has 0 amide bonds. The minimum Gasteiger partial charge on any atom is -0.326 e. The highest BCUT2D eigenvalue weighted by Gasteiger charge is 1.93. The van der Waals surface area contributed by atoms with Gasteiger partial charge in [0.1, 0.15) is 0 Å². The van der Waals surface area contributed by atoms with Crippen LogP contribution in [0.1, 0.15) is 0 Å². The van der Waals surface area contributed by atoms with Gasteiger partial charge in [0.05, 0.1) is 0 Å². The zero-order valence-corrected chi connectivity index (χ0v) is 10.5. The Labute approximate surface area is 90.8 Å². The molecule has 0 aromatic rings. The minimum atomic E-state index is -3.20. The van der Waals surface area contributed by atoms with Gasteiger partial charge in [-0.2, -0.15) is 0 Å². The molecule has 0 aliphatic carbocycles. The Balaban J connectivity index is 0. The van der Waals surface area contributed by atoms with Crippen molar-refractivity contribution < 1.29 is 23.2 Å². The van der Waals surface area contributed by atoms with Crippen molar-refractivity contribution in [1.29, 1.82) is 0 Å². The summed E-state index contributed by atoms with van der Waals surface area (Å²) in [6, 6.07) is 0. The lowest BCUT2D eigenvalue weighted by Crippen LogP contribution is -2.17. The maximum Gasteiger partial charge on any atom is 0.323 e. The summed E-state index contributed by atoms with van der Waals surface area (Å²) >= 11 is 0. The van der Waals surface area contributed by atoms with Crippen molar-refractivity contribution in [2.24, 2.45) is 0 Å². The van der Waals surface area contributed by atoms with Crippen LogP contribution >= 0.6 is 16.5 Å². The lowest BCUT2D eigenvalue weighted by atomic mass is 10.5. The van der Waals surface area contributed by atoms with Crippen molar-refractivity contribution >= 4 is 16.5 Å². The SMILES string of the molecule is C=CCN(C)CC=C.O=[PH](O)O[PH](=O)O. The molecule has 90 valence electrons. The van der Waals surface area contributed by atoms with Gasteiger partial charge in [0, 0.05) is 13.1 Å². The molecule has 15 heavy (non-hydrogen) atoms. The first-order valence-electron chi connectivity index (χ1n) is 3.98. The van der Waals surface area contributed by atoms with Crippen LogP contribution in [0.3, 0.4) is 0 Å². The molecule has 0 saturated heterocycles. The van der Waals surface area contributed by atoms with Crippen LogP contribution in [0.2, 0.25) is 0 Å². The van der Waals surface area contributed by atoms with Crippen LogP contribution in [0.25, 0.3) is 0 Å². The zero-order valence-electron chi connectivity index (χ0n) is 8.55. The Kier molecular flexibility index (Phi) is 13.6. The first-order chi connectivity index (χ1) is 6.93. The maximum absolute atomic E-state index is 9.44. The molecule has 2 unspecified atom stereocenters. The molecule has 0 heterocycles. The molecule has 0 fully saturated rings. The second kappa shape index (κ2) is 11.9. The molecule has 0 aliphatic rings. The quantitative estimate of drug-likeness (QED) is 0.546. The predicted octanol–water partition coefficient (Wildman–Crippen LogP) is 1.06. The van der Waals surface area contributed by atoms with Gasteiger partial charge in [-0.15, -0.1) is 13.2 Å². The van der Waals surface area contributed by atoms with Gasteiger partial charge in [-0.05, 0) is 7.05 Å². The molecular formula is C7H17NO5P2. The van der Waals surface area contributed by atoms with E-state index < -0.39 is 16.5 Å². The highest BCUT2D eigenvalue weighted by molar-refractivity contribution is 7.46. The smallest absolute Gasteiger partial charge is 0.323 e. The van der Waals surface area contributed by atoms with Crippen molar-refractivity contribution in [3.8, 4) is 0 Å². The Morgan fingerprint density at radius 1 is 1.20 bits per heavy atom. The summed E-state index contributed by atoms with van der Waals surface area (Å²) in [5.41, 5.74) is 0. The number of nitrogens with zero attached hydrogens (tertiary/aromatic N) is 1. The van der Waals surface area contributed by atoms with E-state index in [1.54, 1.807) is 0 Å². The Bertz CT molecular complexity index is 211. The number of likely N-dealkylation sites (N-methyl/N-ethyl adjacent to an activating group) is 1. The van der Waals surface area contributed by atoms with Crippen molar-refractivity contribution in [1.82, 2.24) is 4.90 Å². The fraction of sp³-hybridized carbons (Fsp3) is 0.429. The fourth-order valence-corrected chi connectivity index (χ4v) is 1.19. The summed E-state index contributed by atoms with van der Waals surface area (Å²) in [5.74, 6) is 0. The summed E-state index contributed by atoms with van der Waals surface area (Å²) in [6.07, 6.45) is 3.76. The van der Waals surface area contributed by atoms with Gasteiger partial charge >= 0.3 is 16.5 Å². The normalized spacial score (nSPS) is 13.6. The van der Waals surface area contributed by atoms with Crippen LogP contribution in [-0.2, 0) is 13.4 Å². The Morgan fingerprint density at radius 2 is 1.53 bits per heavy atom. The fourth-order valence-electron chi connectivity index (χ4n) is 0.590. The highest BCUT2D eigenvalue weighted by Crippen LogP contribution is 2.30. The van der Waals surface area contributed by atoms with Crippen LogP contribution in [0.5, 0.6) is 0 Å². The zero-order chi connectivity index (χ0) is 12.3. The molecule has 2 N–H and O–H groups in total. The minimum absolute atomic E-state index is 0.937. The molecule has 0 aromatic carbocycles. The van der Waals surface area contributed by atoms with Gasteiger partial charge in [-0.25, -0.2) is 4.31 Å². The van der Waals surface area contributed by atoms with E-state index in [2.05, 4.69) is 22.4 Å². The van der Waals surface area contributed by atoms with Crippen LogP contribution in [0, 0.1) is 0 Å². The molecule has 0 aliphatic heterocycles. The van der Waals surface area contributed by atoms with Gasteiger partial charge in [0.15, 0.2) is 0 Å². The lowest BCUT2D eigenvalue weighted by Gasteiger charge is -2.09. The van der Waals surface area contributed by atoms with E-state index in [0.717, 1.165) is 13.1 Å². The molecule has 8 heteroatoms. The van der Waals surface area contributed by atoms with E-state index in [4.69, 9.17) is 9.79 Å². The molecular weight excluding hydrogens is 240 g/mol. The Morgan fingerprint density at radius 3 is 1.67 bits per heavy atom. The second-order valence-electron chi connectivity index (χ2n) is 2.43. The third-order valence-corrected chi connectivity index (χ3v) is 2.45. The number of hydrogen-bond acceptors (Lipinski definition) is 4. The van der Waals surface area contributed by atoms with Crippen LogP contribution in [0.4, 0.5) is 0 Å². The van der Waals surface area contributed by atoms with Gasteiger partial charge in [0.25, 0.3) is 0 Å². The summed E-state index contributed by atoms with van der Waals surface area (Å²) in [4.78, 5) is 17.5. The molecule has 0 aromatic heterocycles. The summed E-state index contributed by atoms with van der Waals surface area (Å²) in [7, 11) is -4.37. The van der Waals surface area contributed by atoms with Gasteiger partial charge in [-0.3, -0.25) is 14.0 Å². The molecule has 0 spiro atoms. The largest absolute Gasteiger partial charge is 0.326 e. The lowest BCUT2D eigenvalue weighted by molar-refractivity contribution is 0.371. The summed E-state index contributed by atoms with van der Waals surface area (Å²) < 4.78 is 22.3. The monoisotopic (exact) mass is 257 g/mol. The van der Waals surface area contributed by atoms with Gasteiger partial charge in [0.2, 0.25) is 0 Å². The van der Waals surface area contributed by atoms with E-state index in [1.165, 1.54) is 0 Å². The molecule has 0 radical (unpaired) electrons. The van der Waals surface area contributed by atoms with Crippen LogP contribution in [-0.4, -0.2) is 34.8 Å². The molecule has 0 bridgehead atoms. The second-order valence-corrected chi connectivity index (χ2v) is 4.31. The maximum atomic E-state index is 9.44. The van der Waals surface area contributed by atoms with Crippen molar-refractivity contribution in [2.75, 3.05) is 20.1 Å². The van der Waals surface area contributed by atoms with E-state index in [0.29, 0.717) is 0 Å². The third kappa shape index (κ3) is 20.0. The predicted molar refractivity (Wildman–Crippen MR) is 61.4 cm³/mol. The molecule has 6 nitrogen and oxygen atoms in total. The van der Waals surface area contributed by atoms with Crippen molar-refractivity contribution in [3.05, 3.63) is 25.3 Å². The van der Waals surface area contributed by atoms with Crippen molar-refractivity contribution in [3.63, 3.8) is 0 Å². The molecule has 2 atom stereocenters. The Hall–Kier alpha value is -0.220. The summed E-state index contributed by atoms with van der Waals surface area (Å²) in [6.45, 7) is 9.09. The summed E-state index contributed by atoms with van der Waals surface area (Å²) in [5, 5.41) is 0. The number of hydrogen-bond donors (Lipinski definition) is 2. The first kappa shape index (κ1) is 17.2. The van der Waals surface area contributed by atoms with Crippen molar-refractivity contribution in [2.45, 2.75) is 0 Å². The van der Waals surface area contributed by atoms with Gasteiger partial charge in [-0.1, -0.05) is 12.2 Å². The molecule has 0 rings (SSSR count). The van der Waals surface area contributed by atoms with E-state index in [-0.39, 0.29) is 0 Å². The van der Waals surface area contributed by atoms with E-state index in [9.17, 15) is 9.13 Å². The third-order valence-electron chi connectivity index (χ3n) is 1.06. The topological polar surface area (TPSA) is 87.1 Å². The van der Waals surface area contributed by atoms with Gasteiger partial charge < -0.3 is 9.79 Å². The van der Waals surface area contributed by atoms with Crippen LogP contribution in [0.15, 0.2) is 25.3 Å². The average molecular weight is 257 g/mol. The highest BCUT2D eigenvalue weighted by atomic mass is 31.2. The molecule has 0 saturated carbocycles. The first-order valence-corrected chi connectivity index (χ1v) is 6.50. The standard InChI is InChI=1S/C7H13N.H4O5P2/c1-4-6-8(3)7-5-2;1-6(2)5-7(3)4/h4-5H,1-2,6-7H2,3H3;6-7H,(H,1,2)(H,3,4). The number of rotatable bonds is 6. The van der Waals surface area contributed by atoms with E-state index >= 15 is 0 Å².